The Labute approximate surface area is 145 Å². The van der Waals surface area contributed by atoms with Crippen LogP contribution in [0.25, 0.3) is 11.3 Å². The van der Waals surface area contributed by atoms with Crippen molar-refractivity contribution >= 4 is 23.1 Å². The highest BCUT2D eigenvalue weighted by molar-refractivity contribution is 7.08. The smallest absolute Gasteiger partial charge is 0.269 e. The molecule has 0 aliphatic carbocycles. The van der Waals surface area contributed by atoms with Crippen molar-refractivity contribution in [2.45, 2.75) is 27.7 Å². The van der Waals surface area contributed by atoms with Gasteiger partial charge in [0.1, 0.15) is 10.6 Å². The van der Waals surface area contributed by atoms with Gasteiger partial charge in [-0.3, -0.25) is 4.79 Å². The number of nitrogens with zero attached hydrogens (tertiary/aromatic N) is 2. The van der Waals surface area contributed by atoms with Gasteiger partial charge in [-0.25, -0.2) is 0 Å². The Bertz CT molecular complexity index is 874. The molecular formula is C19H19N3OS. The number of aryl methyl sites for hydroxylation is 4. The molecule has 24 heavy (non-hydrogen) atoms. The molecule has 0 aliphatic heterocycles. The molecule has 1 amide bonds. The predicted molar refractivity (Wildman–Crippen MR) is 98.7 cm³/mol. The van der Waals surface area contributed by atoms with Gasteiger partial charge in [0.2, 0.25) is 0 Å². The molecule has 0 spiro atoms. The zero-order valence-electron chi connectivity index (χ0n) is 14.2. The monoisotopic (exact) mass is 337 g/mol. The van der Waals surface area contributed by atoms with E-state index in [-0.39, 0.29) is 5.91 Å². The summed E-state index contributed by atoms with van der Waals surface area (Å²) in [7, 11) is 0. The SMILES string of the molecule is Cc1ccc(-c2nnsc2C(=O)Nc2c(C)cc(C)cc2C)cc1. The van der Waals surface area contributed by atoms with E-state index < -0.39 is 0 Å². The molecule has 0 aliphatic rings. The first-order valence-corrected chi connectivity index (χ1v) is 8.51. The Balaban J connectivity index is 1.93. The third kappa shape index (κ3) is 3.21. The van der Waals surface area contributed by atoms with Crippen LogP contribution < -0.4 is 5.32 Å². The largest absolute Gasteiger partial charge is 0.321 e. The summed E-state index contributed by atoms with van der Waals surface area (Å²) in [5.41, 5.74) is 6.83. The van der Waals surface area contributed by atoms with Gasteiger partial charge in [-0.15, -0.1) is 5.10 Å². The van der Waals surface area contributed by atoms with Crippen molar-refractivity contribution in [3.8, 4) is 11.3 Å². The molecule has 1 N–H and O–H groups in total. The molecule has 122 valence electrons. The number of aromatic nitrogens is 2. The van der Waals surface area contributed by atoms with Crippen LogP contribution in [0.2, 0.25) is 0 Å². The first kappa shape index (κ1) is 16.3. The summed E-state index contributed by atoms with van der Waals surface area (Å²) in [6.07, 6.45) is 0. The number of carbonyl (C=O) groups excluding carboxylic acids is 1. The quantitative estimate of drug-likeness (QED) is 0.754. The van der Waals surface area contributed by atoms with Crippen molar-refractivity contribution in [2.75, 3.05) is 5.32 Å². The average molecular weight is 337 g/mol. The van der Waals surface area contributed by atoms with Crippen LogP contribution in [0.15, 0.2) is 36.4 Å². The first-order valence-electron chi connectivity index (χ1n) is 7.74. The lowest BCUT2D eigenvalue weighted by molar-refractivity contribution is 0.103. The van der Waals surface area contributed by atoms with Gasteiger partial charge in [0.05, 0.1) is 0 Å². The van der Waals surface area contributed by atoms with E-state index in [1.54, 1.807) is 0 Å². The lowest BCUT2D eigenvalue weighted by Crippen LogP contribution is -2.13. The second-order valence-corrected chi connectivity index (χ2v) is 6.80. The minimum Gasteiger partial charge on any atom is -0.321 e. The summed E-state index contributed by atoms with van der Waals surface area (Å²) >= 11 is 1.12. The number of hydrogen-bond donors (Lipinski definition) is 1. The summed E-state index contributed by atoms with van der Waals surface area (Å²) in [4.78, 5) is 13.3. The van der Waals surface area contributed by atoms with Crippen molar-refractivity contribution in [1.29, 1.82) is 0 Å². The molecule has 0 fully saturated rings. The summed E-state index contributed by atoms with van der Waals surface area (Å²) in [6.45, 7) is 8.08. The standard InChI is InChI=1S/C19H19N3OS/c1-11-5-7-15(8-6-11)17-18(24-22-21-17)19(23)20-16-13(3)9-12(2)10-14(16)4/h5-10H,1-4H3,(H,20,23). The number of benzene rings is 2. The molecule has 0 unspecified atom stereocenters. The normalized spacial score (nSPS) is 10.7. The molecular weight excluding hydrogens is 318 g/mol. The lowest BCUT2D eigenvalue weighted by Gasteiger charge is -2.12. The summed E-state index contributed by atoms with van der Waals surface area (Å²) in [5, 5.41) is 7.17. The highest BCUT2D eigenvalue weighted by Gasteiger charge is 2.19. The fraction of sp³-hybridized carbons (Fsp3) is 0.211. The summed E-state index contributed by atoms with van der Waals surface area (Å²) < 4.78 is 3.97. The van der Waals surface area contributed by atoms with Gasteiger partial charge in [0, 0.05) is 11.3 Å². The zero-order chi connectivity index (χ0) is 17.3. The Hall–Kier alpha value is -2.53. The minimum absolute atomic E-state index is 0.171. The number of hydrogen-bond acceptors (Lipinski definition) is 4. The van der Waals surface area contributed by atoms with Crippen LogP contribution in [0.3, 0.4) is 0 Å². The van der Waals surface area contributed by atoms with E-state index in [0.717, 1.165) is 33.9 Å². The van der Waals surface area contributed by atoms with E-state index in [1.165, 1.54) is 11.1 Å². The molecule has 1 heterocycles. The van der Waals surface area contributed by atoms with Crippen LogP contribution in [0, 0.1) is 27.7 Å². The first-order chi connectivity index (χ1) is 11.5. The summed E-state index contributed by atoms with van der Waals surface area (Å²) in [6, 6.07) is 12.1. The number of nitrogens with one attached hydrogen (secondary N) is 1. The molecule has 0 saturated carbocycles. The van der Waals surface area contributed by atoms with Crippen LogP contribution in [0.5, 0.6) is 0 Å². The predicted octanol–water partition coefficient (Wildman–Crippen LogP) is 4.69. The summed E-state index contributed by atoms with van der Waals surface area (Å²) in [5.74, 6) is -0.171. The highest BCUT2D eigenvalue weighted by atomic mass is 32.1. The fourth-order valence-corrected chi connectivity index (χ4v) is 3.37. The Kier molecular flexibility index (Phi) is 4.44. The maximum absolute atomic E-state index is 12.7. The van der Waals surface area contributed by atoms with E-state index in [2.05, 4.69) is 27.0 Å². The molecule has 0 atom stereocenters. The fourth-order valence-electron chi connectivity index (χ4n) is 2.79. The van der Waals surface area contributed by atoms with Gasteiger partial charge in [0.25, 0.3) is 5.91 Å². The Morgan fingerprint density at radius 2 is 1.58 bits per heavy atom. The molecule has 0 bridgehead atoms. The van der Waals surface area contributed by atoms with Gasteiger partial charge in [-0.05, 0) is 50.4 Å². The number of carbonyl (C=O) groups is 1. The molecule has 3 aromatic rings. The van der Waals surface area contributed by atoms with Crippen molar-refractivity contribution in [3.05, 3.63) is 63.5 Å². The Morgan fingerprint density at radius 3 is 2.21 bits per heavy atom. The maximum atomic E-state index is 12.7. The third-order valence-electron chi connectivity index (χ3n) is 3.93. The molecule has 2 aromatic carbocycles. The molecule has 0 saturated heterocycles. The minimum atomic E-state index is -0.171. The van der Waals surface area contributed by atoms with Crippen molar-refractivity contribution in [2.24, 2.45) is 0 Å². The van der Waals surface area contributed by atoms with Crippen LogP contribution >= 0.6 is 11.5 Å². The zero-order valence-corrected chi connectivity index (χ0v) is 15.0. The van der Waals surface area contributed by atoms with Gasteiger partial charge in [-0.2, -0.15) is 0 Å². The molecule has 5 heteroatoms. The third-order valence-corrected chi connectivity index (χ3v) is 4.66. The molecule has 3 rings (SSSR count). The van der Waals surface area contributed by atoms with Crippen LogP contribution in [0.4, 0.5) is 5.69 Å². The number of anilines is 1. The maximum Gasteiger partial charge on any atom is 0.269 e. The van der Waals surface area contributed by atoms with E-state index in [1.807, 2.05) is 52.0 Å². The van der Waals surface area contributed by atoms with Crippen molar-refractivity contribution < 1.29 is 4.79 Å². The van der Waals surface area contributed by atoms with Gasteiger partial charge in [0.15, 0.2) is 0 Å². The van der Waals surface area contributed by atoms with Gasteiger partial charge < -0.3 is 5.32 Å². The number of amides is 1. The second kappa shape index (κ2) is 6.53. The average Bonchev–Trinajstić information content (AvgIpc) is 3.01. The van der Waals surface area contributed by atoms with E-state index in [4.69, 9.17) is 0 Å². The topological polar surface area (TPSA) is 54.9 Å². The number of rotatable bonds is 3. The van der Waals surface area contributed by atoms with E-state index >= 15 is 0 Å². The highest BCUT2D eigenvalue weighted by Crippen LogP contribution is 2.27. The second-order valence-electron chi connectivity index (χ2n) is 6.04. The van der Waals surface area contributed by atoms with Gasteiger partial charge in [-0.1, -0.05) is 52.0 Å². The van der Waals surface area contributed by atoms with Crippen LogP contribution in [0.1, 0.15) is 31.9 Å². The van der Waals surface area contributed by atoms with E-state index in [9.17, 15) is 4.79 Å². The molecule has 4 nitrogen and oxygen atoms in total. The lowest BCUT2D eigenvalue weighted by atomic mass is 10.0. The van der Waals surface area contributed by atoms with Crippen LogP contribution in [-0.2, 0) is 0 Å². The van der Waals surface area contributed by atoms with E-state index in [0.29, 0.717) is 10.6 Å². The molecule has 0 radical (unpaired) electrons. The van der Waals surface area contributed by atoms with Gasteiger partial charge >= 0.3 is 0 Å². The molecule has 1 aromatic heterocycles. The Morgan fingerprint density at radius 1 is 0.958 bits per heavy atom. The van der Waals surface area contributed by atoms with Crippen molar-refractivity contribution in [1.82, 2.24) is 9.59 Å². The van der Waals surface area contributed by atoms with Crippen molar-refractivity contribution in [3.63, 3.8) is 0 Å². The van der Waals surface area contributed by atoms with Crippen LogP contribution in [-0.4, -0.2) is 15.5 Å².